The number of hydrogen-bond acceptors (Lipinski definition) is 3. The highest BCUT2D eigenvalue weighted by atomic mass is 32.1. The predicted molar refractivity (Wildman–Crippen MR) is 88.9 cm³/mol. The first kappa shape index (κ1) is 15.0. The fraction of sp³-hybridized carbons (Fsp3) is 0.412. The van der Waals surface area contributed by atoms with E-state index in [2.05, 4.69) is 15.7 Å². The Bertz CT molecular complexity index is 636. The lowest BCUT2D eigenvalue weighted by Crippen LogP contribution is -2.38. The van der Waals surface area contributed by atoms with Gasteiger partial charge in [-0.2, -0.15) is 0 Å². The van der Waals surface area contributed by atoms with Crippen LogP contribution in [0, 0.1) is 0 Å². The van der Waals surface area contributed by atoms with E-state index >= 15 is 0 Å². The highest BCUT2D eigenvalue weighted by molar-refractivity contribution is 7.09. The molecule has 5 heteroatoms. The van der Waals surface area contributed by atoms with Crippen molar-refractivity contribution in [1.82, 2.24) is 15.2 Å². The Hall–Kier alpha value is -1.88. The molecular formula is C17H21N3OS. The van der Waals surface area contributed by atoms with Crippen molar-refractivity contribution in [2.45, 2.75) is 38.3 Å². The first-order valence-electron chi connectivity index (χ1n) is 7.64. The third kappa shape index (κ3) is 3.65. The average molecular weight is 315 g/mol. The Labute approximate surface area is 135 Å². The topological polar surface area (TPSA) is 45.2 Å². The number of carbonyl (C=O) groups is 1. The number of hydrogen-bond donors (Lipinski definition) is 1. The molecule has 4 nitrogen and oxygen atoms in total. The molecule has 1 aromatic heterocycles. The summed E-state index contributed by atoms with van der Waals surface area (Å²) in [5.74, 6) is 0.669. The van der Waals surface area contributed by atoms with Crippen molar-refractivity contribution < 1.29 is 4.79 Å². The van der Waals surface area contributed by atoms with Crippen molar-refractivity contribution in [3.8, 4) is 0 Å². The molecule has 2 aromatic rings. The van der Waals surface area contributed by atoms with Crippen molar-refractivity contribution in [3.63, 3.8) is 0 Å². The van der Waals surface area contributed by atoms with Crippen LogP contribution >= 0.6 is 11.3 Å². The minimum atomic E-state index is -0.0719. The Morgan fingerprint density at radius 1 is 1.41 bits per heavy atom. The number of aromatic nitrogens is 1. The lowest BCUT2D eigenvalue weighted by Gasteiger charge is -2.20. The molecule has 1 aromatic carbocycles. The highest BCUT2D eigenvalue weighted by Gasteiger charge is 2.27. The van der Waals surface area contributed by atoms with Crippen LogP contribution in [0.2, 0.25) is 0 Å². The molecule has 0 aliphatic heterocycles. The monoisotopic (exact) mass is 315 g/mol. The lowest BCUT2D eigenvalue weighted by atomic mass is 10.2. The second-order valence-corrected chi connectivity index (χ2v) is 6.79. The largest absolute Gasteiger partial charge is 0.330 e. The normalized spacial score (nSPS) is 15.4. The molecule has 3 rings (SSSR count). The minimum Gasteiger partial charge on any atom is -0.330 e. The Morgan fingerprint density at radius 2 is 2.14 bits per heavy atom. The van der Waals surface area contributed by atoms with Gasteiger partial charge in [0.15, 0.2) is 0 Å². The molecule has 1 unspecified atom stereocenters. The quantitative estimate of drug-likeness (QED) is 0.909. The van der Waals surface area contributed by atoms with E-state index in [-0.39, 0.29) is 12.1 Å². The third-order valence-corrected chi connectivity index (χ3v) is 4.88. The Balaban J connectivity index is 1.55. The van der Waals surface area contributed by atoms with Crippen molar-refractivity contribution >= 4 is 17.4 Å². The summed E-state index contributed by atoms with van der Waals surface area (Å²) in [4.78, 5) is 18.6. The molecule has 0 spiro atoms. The maximum atomic E-state index is 12.3. The number of rotatable bonds is 5. The maximum Gasteiger partial charge on any atom is 0.317 e. The molecule has 0 bridgehead atoms. The summed E-state index contributed by atoms with van der Waals surface area (Å²) in [6.45, 7) is 2.59. The van der Waals surface area contributed by atoms with E-state index < -0.39 is 0 Å². The molecule has 1 aliphatic rings. The van der Waals surface area contributed by atoms with Crippen LogP contribution in [0.5, 0.6) is 0 Å². The third-order valence-electron chi connectivity index (χ3n) is 3.86. The molecule has 2 amide bonds. The smallest absolute Gasteiger partial charge is 0.317 e. The zero-order chi connectivity index (χ0) is 15.5. The van der Waals surface area contributed by atoms with Crippen molar-refractivity contribution in [1.29, 1.82) is 0 Å². The van der Waals surface area contributed by atoms with E-state index in [4.69, 9.17) is 0 Å². The number of amides is 2. The van der Waals surface area contributed by atoms with Crippen LogP contribution < -0.4 is 5.32 Å². The summed E-state index contributed by atoms with van der Waals surface area (Å²) in [7, 11) is 1.81. The number of thiazole rings is 1. The first-order valence-corrected chi connectivity index (χ1v) is 8.52. The zero-order valence-corrected chi connectivity index (χ0v) is 13.8. The van der Waals surface area contributed by atoms with Crippen molar-refractivity contribution in [3.05, 3.63) is 52.0 Å². The number of nitrogens with zero attached hydrogens (tertiary/aromatic N) is 2. The standard InChI is InChI=1S/C17H21N3OS/c1-12(15-11-22-16(19-15)14-8-9-14)18-17(21)20(2)10-13-6-4-3-5-7-13/h3-7,11-12,14H,8-10H2,1-2H3,(H,18,21). The molecule has 1 saturated carbocycles. The number of benzene rings is 1. The van der Waals surface area contributed by atoms with Crippen molar-refractivity contribution in [2.75, 3.05) is 7.05 Å². The van der Waals surface area contributed by atoms with E-state index in [9.17, 15) is 4.79 Å². The average Bonchev–Trinajstić information content (AvgIpc) is 3.25. The van der Waals surface area contributed by atoms with Gasteiger partial charge in [0.1, 0.15) is 0 Å². The Morgan fingerprint density at radius 3 is 2.82 bits per heavy atom. The van der Waals surface area contributed by atoms with Gasteiger partial charge in [0, 0.05) is 24.9 Å². The summed E-state index contributed by atoms with van der Waals surface area (Å²) in [6.07, 6.45) is 2.51. The van der Waals surface area contributed by atoms with Crippen LogP contribution in [0.15, 0.2) is 35.7 Å². The van der Waals surface area contributed by atoms with Gasteiger partial charge in [-0.15, -0.1) is 11.3 Å². The van der Waals surface area contributed by atoms with Crippen LogP contribution in [0.25, 0.3) is 0 Å². The fourth-order valence-corrected chi connectivity index (χ4v) is 3.40. The predicted octanol–water partition coefficient (Wildman–Crippen LogP) is 3.92. The van der Waals surface area contributed by atoms with Crippen molar-refractivity contribution in [2.24, 2.45) is 0 Å². The molecule has 116 valence electrons. The van der Waals surface area contributed by atoms with Gasteiger partial charge in [0.05, 0.1) is 16.7 Å². The molecule has 22 heavy (non-hydrogen) atoms. The van der Waals surface area contributed by atoms with Gasteiger partial charge in [0.25, 0.3) is 0 Å². The number of urea groups is 1. The lowest BCUT2D eigenvalue weighted by molar-refractivity contribution is 0.203. The summed E-state index contributed by atoms with van der Waals surface area (Å²) < 4.78 is 0. The van der Waals surface area contributed by atoms with Gasteiger partial charge in [-0.05, 0) is 25.3 Å². The van der Waals surface area contributed by atoms with Gasteiger partial charge in [-0.3, -0.25) is 0 Å². The summed E-state index contributed by atoms with van der Waals surface area (Å²) in [5, 5.41) is 6.30. The van der Waals surface area contributed by atoms with E-state index in [1.54, 1.807) is 16.2 Å². The van der Waals surface area contributed by atoms with Gasteiger partial charge < -0.3 is 10.2 Å². The van der Waals surface area contributed by atoms with E-state index in [1.807, 2.05) is 44.3 Å². The van der Waals surface area contributed by atoms with Gasteiger partial charge in [-0.25, -0.2) is 9.78 Å². The number of carbonyl (C=O) groups excluding carboxylic acids is 1. The van der Waals surface area contributed by atoms with Crippen LogP contribution in [0.1, 0.15) is 48.0 Å². The van der Waals surface area contributed by atoms with Gasteiger partial charge >= 0.3 is 6.03 Å². The molecule has 0 radical (unpaired) electrons. The molecule has 1 fully saturated rings. The molecule has 0 saturated heterocycles. The second kappa shape index (κ2) is 6.48. The van der Waals surface area contributed by atoms with Gasteiger partial charge in [-0.1, -0.05) is 30.3 Å². The summed E-state index contributed by atoms with van der Waals surface area (Å²) in [5.41, 5.74) is 2.09. The van der Waals surface area contributed by atoms with Crippen LogP contribution in [0.4, 0.5) is 4.79 Å². The summed E-state index contributed by atoms with van der Waals surface area (Å²) in [6, 6.07) is 9.86. The number of nitrogens with one attached hydrogen (secondary N) is 1. The molecule has 1 heterocycles. The molecular weight excluding hydrogens is 294 g/mol. The molecule has 1 N–H and O–H groups in total. The molecule has 1 aliphatic carbocycles. The second-order valence-electron chi connectivity index (χ2n) is 5.90. The Kier molecular flexibility index (Phi) is 4.43. The van der Waals surface area contributed by atoms with Gasteiger partial charge in [0.2, 0.25) is 0 Å². The highest BCUT2D eigenvalue weighted by Crippen LogP contribution is 2.41. The van der Waals surface area contributed by atoms with Crippen LogP contribution in [-0.4, -0.2) is 23.0 Å². The van der Waals surface area contributed by atoms with E-state index in [0.29, 0.717) is 12.5 Å². The van der Waals surface area contributed by atoms with Crippen LogP contribution in [-0.2, 0) is 6.54 Å². The first-order chi connectivity index (χ1) is 10.6. The van der Waals surface area contributed by atoms with E-state index in [1.165, 1.54) is 17.8 Å². The van der Waals surface area contributed by atoms with Crippen LogP contribution in [0.3, 0.4) is 0 Å². The van der Waals surface area contributed by atoms with E-state index in [0.717, 1.165) is 11.3 Å². The SMILES string of the molecule is CC(NC(=O)N(C)Cc1ccccc1)c1csc(C2CC2)n1. The minimum absolute atomic E-state index is 0.0607. The fourth-order valence-electron chi connectivity index (χ4n) is 2.32. The maximum absolute atomic E-state index is 12.3. The summed E-state index contributed by atoms with van der Waals surface area (Å²) >= 11 is 1.71. The zero-order valence-electron chi connectivity index (χ0n) is 13.0. The molecule has 1 atom stereocenters.